The summed E-state index contributed by atoms with van der Waals surface area (Å²) in [6.45, 7) is 1.33. The van der Waals surface area contributed by atoms with E-state index in [-0.39, 0.29) is 29.2 Å². The molecule has 4 rings (SSSR count). The molecule has 0 spiro atoms. The molecule has 11 heteroatoms. The average molecular weight is 551 g/mol. The highest BCUT2D eigenvalue weighted by Gasteiger charge is 2.24. The minimum Gasteiger partial charge on any atom is -0.454 e. The molecule has 1 aliphatic heterocycles. The van der Waals surface area contributed by atoms with E-state index in [1.165, 1.54) is 24.4 Å². The number of likely N-dealkylation sites (tertiary alicyclic amines) is 1. The van der Waals surface area contributed by atoms with Crippen LogP contribution in [0.2, 0.25) is 0 Å². The Balaban J connectivity index is 1.29. The molecule has 3 amide bonds. The van der Waals surface area contributed by atoms with Gasteiger partial charge in [-0.3, -0.25) is 10.1 Å². The van der Waals surface area contributed by atoms with Gasteiger partial charge in [-0.2, -0.15) is 0 Å². The summed E-state index contributed by atoms with van der Waals surface area (Å²) in [6.07, 6.45) is 3.47. The largest absolute Gasteiger partial charge is 0.454 e. The number of ether oxygens (including phenoxy) is 1. The number of pyridine rings is 1. The Kier molecular flexibility index (Phi) is 9.40. The van der Waals surface area contributed by atoms with E-state index in [4.69, 9.17) is 17.0 Å². The van der Waals surface area contributed by atoms with Gasteiger partial charge in [0.25, 0.3) is 0 Å². The number of anilines is 2. The molecular formula is C28H31FN6O3S. The monoisotopic (exact) mass is 550 g/mol. The molecule has 0 bridgehead atoms. The van der Waals surface area contributed by atoms with Gasteiger partial charge in [0.1, 0.15) is 11.6 Å². The minimum atomic E-state index is -0.635. The molecule has 3 N–H and O–H groups in total. The lowest BCUT2D eigenvalue weighted by Gasteiger charge is -2.35. The van der Waals surface area contributed by atoms with Gasteiger partial charge in [-0.25, -0.2) is 14.2 Å². The number of urea groups is 1. The Morgan fingerprint density at radius 1 is 1.08 bits per heavy atom. The highest BCUT2D eigenvalue weighted by atomic mass is 32.1. The first-order valence-electron chi connectivity index (χ1n) is 12.6. The van der Waals surface area contributed by atoms with Gasteiger partial charge in [0, 0.05) is 43.1 Å². The van der Waals surface area contributed by atoms with E-state index in [2.05, 4.69) is 25.8 Å². The number of hydrogen-bond donors (Lipinski definition) is 3. The summed E-state index contributed by atoms with van der Waals surface area (Å²) >= 11 is 5.18. The van der Waals surface area contributed by atoms with Crippen molar-refractivity contribution < 1.29 is 18.7 Å². The Labute approximate surface area is 232 Å². The second kappa shape index (κ2) is 13.1. The lowest BCUT2D eigenvalue weighted by atomic mass is 10.0. The van der Waals surface area contributed by atoms with Gasteiger partial charge >= 0.3 is 6.03 Å². The number of rotatable bonds is 7. The number of nitrogens with zero attached hydrogens (tertiary/aromatic N) is 3. The molecule has 39 heavy (non-hydrogen) atoms. The van der Waals surface area contributed by atoms with E-state index in [1.54, 1.807) is 17.0 Å². The second-order valence-electron chi connectivity index (χ2n) is 9.40. The number of nitrogens with one attached hydrogen (secondary N) is 3. The van der Waals surface area contributed by atoms with Crippen LogP contribution in [0.4, 0.5) is 20.7 Å². The van der Waals surface area contributed by atoms with E-state index in [0.717, 1.165) is 18.4 Å². The predicted molar refractivity (Wildman–Crippen MR) is 153 cm³/mol. The molecule has 2 aromatic carbocycles. The van der Waals surface area contributed by atoms with E-state index >= 15 is 0 Å². The van der Waals surface area contributed by atoms with Crippen LogP contribution in [-0.4, -0.2) is 65.1 Å². The lowest BCUT2D eigenvalue weighted by molar-refractivity contribution is -0.119. The number of carbonyl (C=O) groups is 2. The van der Waals surface area contributed by atoms with Crippen LogP contribution in [0.5, 0.6) is 11.5 Å². The standard InChI is InChI=1S/C28H31FN6O3S/c1-34(2)21-11-14-35(15-12-21)28(37)32-25-18-22(10-13-30-25)38-24-9-8-20(17-23(24)29)31-27(39)33-26(36)16-19-6-4-3-5-7-19/h3-10,13,17-18,21H,11-12,14-16H2,1-2H3,(H,30,32,37)(H2,31,33,36,39). The molecule has 9 nitrogen and oxygen atoms in total. The van der Waals surface area contributed by atoms with Crippen LogP contribution in [0.1, 0.15) is 18.4 Å². The molecule has 1 aromatic heterocycles. The molecule has 0 saturated carbocycles. The van der Waals surface area contributed by atoms with Crippen LogP contribution < -0.4 is 20.7 Å². The van der Waals surface area contributed by atoms with Crippen molar-refractivity contribution in [2.75, 3.05) is 37.8 Å². The molecule has 1 saturated heterocycles. The van der Waals surface area contributed by atoms with Crippen LogP contribution in [-0.2, 0) is 11.2 Å². The molecule has 0 aliphatic carbocycles. The average Bonchev–Trinajstić information content (AvgIpc) is 2.91. The van der Waals surface area contributed by atoms with E-state index in [1.807, 2.05) is 44.4 Å². The van der Waals surface area contributed by atoms with Crippen LogP contribution in [0, 0.1) is 5.82 Å². The molecule has 0 unspecified atom stereocenters. The van der Waals surface area contributed by atoms with Crippen molar-refractivity contribution in [3.8, 4) is 11.5 Å². The molecule has 2 heterocycles. The summed E-state index contributed by atoms with van der Waals surface area (Å²) in [5.74, 6) is -0.311. The topological polar surface area (TPSA) is 98.8 Å². The van der Waals surface area contributed by atoms with Gasteiger partial charge in [-0.1, -0.05) is 30.3 Å². The normalized spacial score (nSPS) is 13.6. The number of thiocarbonyl (C=S) groups is 1. The first kappa shape index (κ1) is 27.9. The van der Waals surface area contributed by atoms with Crippen molar-refractivity contribution in [1.29, 1.82) is 0 Å². The SMILES string of the molecule is CN(C)C1CCN(C(=O)Nc2cc(Oc3ccc(NC(=S)NC(=O)Cc4ccccc4)cc3F)ccn2)CC1. The third kappa shape index (κ3) is 8.20. The summed E-state index contributed by atoms with van der Waals surface area (Å²) in [5, 5.41) is 8.23. The lowest BCUT2D eigenvalue weighted by Crippen LogP contribution is -2.46. The summed E-state index contributed by atoms with van der Waals surface area (Å²) in [6, 6.07) is 16.8. The molecule has 0 radical (unpaired) electrons. The van der Waals surface area contributed by atoms with Crippen molar-refractivity contribution in [3.63, 3.8) is 0 Å². The fourth-order valence-corrected chi connectivity index (χ4v) is 4.45. The molecule has 204 valence electrons. The smallest absolute Gasteiger partial charge is 0.323 e. The van der Waals surface area contributed by atoms with E-state index in [9.17, 15) is 14.0 Å². The fraction of sp³-hybridized carbons (Fsp3) is 0.286. The van der Waals surface area contributed by atoms with Crippen molar-refractivity contribution in [2.24, 2.45) is 0 Å². The van der Waals surface area contributed by atoms with Crippen LogP contribution in [0.25, 0.3) is 0 Å². The van der Waals surface area contributed by atoms with Gasteiger partial charge < -0.3 is 25.2 Å². The van der Waals surface area contributed by atoms with Crippen molar-refractivity contribution in [1.82, 2.24) is 20.1 Å². The number of benzene rings is 2. The predicted octanol–water partition coefficient (Wildman–Crippen LogP) is 4.63. The minimum absolute atomic E-state index is 0.0196. The van der Waals surface area contributed by atoms with E-state index in [0.29, 0.717) is 36.4 Å². The summed E-state index contributed by atoms with van der Waals surface area (Å²) in [5.41, 5.74) is 1.21. The molecule has 0 atom stereocenters. The third-order valence-corrected chi connectivity index (χ3v) is 6.53. The first-order chi connectivity index (χ1) is 18.8. The highest BCUT2D eigenvalue weighted by molar-refractivity contribution is 7.80. The zero-order valence-electron chi connectivity index (χ0n) is 21.8. The molecular weight excluding hydrogens is 519 g/mol. The number of aromatic nitrogens is 1. The maximum Gasteiger partial charge on any atom is 0.323 e. The number of carbonyl (C=O) groups excluding carboxylic acids is 2. The number of amides is 3. The Hall–Kier alpha value is -4.09. The highest BCUT2D eigenvalue weighted by Crippen LogP contribution is 2.28. The van der Waals surface area contributed by atoms with Gasteiger partial charge in [-0.15, -0.1) is 0 Å². The number of hydrogen-bond acceptors (Lipinski definition) is 6. The number of halogens is 1. The van der Waals surface area contributed by atoms with Crippen LogP contribution in [0.3, 0.4) is 0 Å². The third-order valence-electron chi connectivity index (χ3n) is 6.33. The quantitative estimate of drug-likeness (QED) is 0.369. The van der Waals surface area contributed by atoms with Gasteiger partial charge in [-0.05, 0) is 62.9 Å². The van der Waals surface area contributed by atoms with Gasteiger partial charge in [0.05, 0.1) is 6.42 Å². The fourth-order valence-electron chi connectivity index (χ4n) is 4.22. The van der Waals surface area contributed by atoms with Gasteiger partial charge in [0.15, 0.2) is 16.7 Å². The molecule has 3 aromatic rings. The zero-order valence-corrected chi connectivity index (χ0v) is 22.6. The Morgan fingerprint density at radius 2 is 1.82 bits per heavy atom. The van der Waals surface area contributed by atoms with Gasteiger partial charge in [0.2, 0.25) is 5.91 Å². The summed E-state index contributed by atoms with van der Waals surface area (Å²) in [7, 11) is 4.09. The van der Waals surface area contributed by atoms with Crippen molar-refractivity contribution in [2.45, 2.75) is 25.3 Å². The molecule has 1 aliphatic rings. The van der Waals surface area contributed by atoms with Crippen molar-refractivity contribution in [3.05, 3.63) is 78.2 Å². The first-order valence-corrected chi connectivity index (χ1v) is 13.0. The summed E-state index contributed by atoms with van der Waals surface area (Å²) in [4.78, 5) is 33.0. The van der Waals surface area contributed by atoms with Crippen LogP contribution >= 0.6 is 12.2 Å². The van der Waals surface area contributed by atoms with Crippen molar-refractivity contribution >= 4 is 40.8 Å². The van der Waals surface area contributed by atoms with E-state index < -0.39 is 5.82 Å². The summed E-state index contributed by atoms with van der Waals surface area (Å²) < 4.78 is 20.5. The maximum atomic E-state index is 14.8. The Bertz CT molecular complexity index is 1320. The zero-order chi connectivity index (χ0) is 27.8. The Morgan fingerprint density at radius 3 is 2.51 bits per heavy atom. The maximum absolute atomic E-state index is 14.8. The van der Waals surface area contributed by atoms with Crippen LogP contribution in [0.15, 0.2) is 66.9 Å². The second-order valence-corrected chi connectivity index (χ2v) is 9.81. The number of piperidine rings is 1. The molecule has 1 fully saturated rings.